The van der Waals surface area contributed by atoms with Gasteiger partial charge in [-0.1, -0.05) is 0 Å². The Bertz CT molecular complexity index is 1080. The molecule has 0 radical (unpaired) electrons. The maximum absolute atomic E-state index is 11.0. The fraction of sp³-hybridized carbons (Fsp3) is 0.118. The number of hydrogen-bond acceptors (Lipinski definition) is 3. The number of rotatable bonds is 1. The summed E-state index contributed by atoms with van der Waals surface area (Å²) in [5, 5.41) is 15.4. The molecule has 108 valence electrons. The summed E-state index contributed by atoms with van der Waals surface area (Å²) in [5.74, 6) is 0. The van der Waals surface area contributed by atoms with Crippen LogP contribution in [0.25, 0.3) is 32.6 Å². The van der Waals surface area contributed by atoms with E-state index >= 15 is 0 Å². The van der Waals surface area contributed by atoms with Gasteiger partial charge in [-0.25, -0.2) is 0 Å². The summed E-state index contributed by atoms with van der Waals surface area (Å²) in [4.78, 5) is 18.2. The van der Waals surface area contributed by atoms with Crippen LogP contribution in [-0.2, 0) is 0 Å². The van der Waals surface area contributed by atoms with Gasteiger partial charge in [0.2, 0.25) is 0 Å². The number of nitrogens with one attached hydrogen (secondary N) is 1. The van der Waals surface area contributed by atoms with Crippen molar-refractivity contribution in [2.45, 2.75) is 13.8 Å². The molecule has 0 atom stereocenters. The molecule has 0 unspecified atom stereocenters. The number of aromatic nitrogens is 2. The number of H-pyrrole nitrogens is 1. The Balaban J connectivity index is 2.24. The van der Waals surface area contributed by atoms with E-state index in [2.05, 4.69) is 23.8 Å². The number of pyridine rings is 1. The molecule has 22 heavy (non-hydrogen) atoms. The second-order valence-corrected chi connectivity index (χ2v) is 5.53. The van der Waals surface area contributed by atoms with Gasteiger partial charge in [-0.3, -0.25) is 15.1 Å². The molecule has 0 bridgehead atoms. The second-order valence-electron chi connectivity index (χ2n) is 5.53. The normalized spacial score (nSPS) is 11.5. The smallest absolute Gasteiger partial charge is 0.271 e. The van der Waals surface area contributed by atoms with Crippen molar-refractivity contribution in [2.24, 2.45) is 0 Å². The Morgan fingerprint density at radius 1 is 1.09 bits per heavy atom. The van der Waals surface area contributed by atoms with Gasteiger partial charge in [0.05, 0.1) is 16.0 Å². The molecule has 5 heteroatoms. The number of aromatic amines is 1. The highest BCUT2D eigenvalue weighted by Gasteiger charge is 2.16. The number of aryl methyl sites for hydroxylation is 2. The van der Waals surface area contributed by atoms with E-state index in [0.717, 1.165) is 43.7 Å². The van der Waals surface area contributed by atoms with Crippen molar-refractivity contribution >= 4 is 38.3 Å². The summed E-state index contributed by atoms with van der Waals surface area (Å²) in [6.45, 7) is 4.13. The zero-order valence-electron chi connectivity index (χ0n) is 12.2. The second kappa shape index (κ2) is 4.27. The molecule has 0 saturated carbocycles. The molecule has 2 aromatic heterocycles. The molecule has 0 aliphatic rings. The molecular weight excluding hydrogens is 278 g/mol. The maximum Gasteiger partial charge on any atom is 0.271 e. The molecular formula is C17H13N3O2. The Labute approximate surface area is 125 Å². The maximum atomic E-state index is 11.0. The van der Waals surface area contributed by atoms with Gasteiger partial charge < -0.3 is 4.98 Å². The number of nitrogens with zero attached hydrogens (tertiary/aromatic N) is 2. The Hall–Kier alpha value is -2.95. The van der Waals surface area contributed by atoms with Crippen LogP contribution in [0.4, 0.5) is 5.69 Å². The molecule has 1 N–H and O–H groups in total. The first-order valence-electron chi connectivity index (χ1n) is 7.00. The minimum atomic E-state index is -0.370. The Morgan fingerprint density at radius 2 is 1.91 bits per heavy atom. The van der Waals surface area contributed by atoms with E-state index in [1.165, 1.54) is 0 Å². The molecule has 0 aliphatic carbocycles. The highest BCUT2D eigenvalue weighted by Crippen LogP contribution is 2.36. The highest BCUT2D eigenvalue weighted by atomic mass is 16.6. The van der Waals surface area contributed by atoms with Gasteiger partial charge in [-0.15, -0.1) is 0 Å². The molecule has 4 aromatic rings. The van der Waals surface area contributed by atoms with E-state index in [1.54, 1.807) is 18.3 Å². The third-order valence-corrected chi connectivity index (χ3v) is 4.37. The van der Waals surface area contributed by atoms with Gasteiger partial charge >= 0.3 is 0 Å². The van der Waals surface area contributed by atoms with Crippen LogP contribution >= 0.6 is 0 Å². The van der Waals surface area contributed by atoms with E-state index < -0.39 is 0 Å². The fourth-order valence-corrected chi connectivity index (χ4v) is 3.26. The zero-order valence-corrected chi connectivity index (χ0v) is 12.2. The van der Waals surface area contributed by atoms with Crippen molar-refractivity contribution in [1.29, 1.82) is 0 Å². The lowest BCUT2D eigenvalue weighted by Gasteiger charge is -2.08. The molecule has 2 aromatic carbocycles. The lowest BCUT2D eigenvalue weighted by molar-refractivity contribution is -0.384. The first kappa shape index (κ1) is 12.8. The van der Waals surface area contributed by atoms with Crippen molar-refractivity contribution in [2.75, 3.05) is 0 Å². The molecule has 0 aliphatic heterocycles. The fourth-order valence-electron chi connectivity index (χ4n) is 3.26. The van der Waals surface area contributed by atoms with Crippen molar-refractivity contribution in [1.82, 2.24) is 9.97 Å². The Morgan fingerprint density at radius 3 is 2.68 bits per heavy atom. The third-order valence-electron chi connectivity index (χ3n) is 4.37. The van der Waals surface area contributed by atoms with Crippen LogP contribution in [0.5, 0.6) is 0 Å². The van der Waals surface area contributed by atoms with Gasteiger partial charge in [-0.05, 0) is 42.5 Å². The molecule has 0 spiro atoms. The topological polar surface area (TPSA) is 71.8 Å². The third kappa shape index (κ3) is 1.56. The van der Waals surface area contributed by atoms with Crippen LogP contribution in [0.15, 0.2) is 36.7 Å². The monoisotopic (exact) mass is 291 g/mol. The van der Waals surface area contributed by atoms with Crippen LogP contribution in [0, 0.1) is 24.0 Å². The molecule has 2 heterocycles. The molecule has 4 rings (SSSR count). The summed E-state index contributed by atoms with van der Waals surface area (Å²) in [5.41, 5.74) is 4.20. The summed E-state index contributed by atoms with van der Waals surface area (Å²) >= 11 is 0. The van der Waals surface area contributed by atoms with Crippen LogP contribution in [0.1, 0.15) is 11.1 Å². The number of benzene rings is 2. The average Bonchev–Trinajstić information content (AvgIpc) is 2.91. The predicted octanol–water partition coefficient (Wildman–Crippen LogP) is 4.39. The standard InChI is InChI=1S/C17H13N3O2/c1-9-14-8-18-6-5-12(14)10(2)17-16(9)13-4-3-11(20(21)22)7-15(13)19-17/h3-8,19H,1-2H3. The molecule has 0 saturated heterocycles. The Kier molecular flexibility index (Phi) is 2.48. The molecule has 0 amide bonds. The van der Waals surface area contributed by atoms with E-state index in [1.807, 2.05) is 18.3 Å². The number of non-ortho nitro benzene ring substituents is 1. The van der Waals surface area contributed by atoms with Crippen molar-refractivity contribution in [3.63, 3.8) is 0 Å². The first-order chi connectivity index (χ1) is 10.6. The van der Waals surface area contributed by atoms with Crippen LogP contribution in [0.3, 0.4) is 0 Å². The van der Waals surface area contributed by atoms with E-state index in [0.29, 0.717) is 0 Å². The highest BCUT2D eigenvalue weighted by molar-refractivity contribution is 6.16. The lowest BCUT2D eigenvalue weighted by atomic mass is 9.97. The van der Waals surface area contributed by atoms with E-state index in [9.17, 15) is 10.1 Å². The van der Waals surface area contributed by atoms with E-state index in [4.69, 9.17) is 0 Å². The summed E-state index contributed by atoms with van der Waals surface area (Å²) in [6, 6.07) is 6.97. The van der Waals surface area contributed by atoms with Crippen LogP contribution in [0.2, 0.25) is 0 Å². The molecule has 0 fully saturated rings. The lowest BCUT2D eigenvalue weighted by Crippen LogP contribution is -1.87. The first-order valence-corrected chi connectivity index (χ1v) is 7.00. The van der Waals surface area contributed by atoms with Gasteiger partial charge in [0, 0.05) is 40.7 Å². The van der Waals surface area contributed by atoms with Gasteiger partial charge in [0.25, 0.3) is 5.69 Å². The zero-order chi connectivity index (χ0) is 15.4. The van der Waals surface area contributed by atoms with Crippen LogP contribution in [-0.4, -0.2) is 14.9 Å². The minimum Gasteiger partial charge on any atom is -0.354 e. The summed E-state index contributed by atoms with van der Waals surface area (Å²) in [7, 11) is 0. The van der Waals surface area contributed by atoms with E-state index in [-0.39, 0.29) is 10.6 Å². The minimum absolute atomic E-state index is 0.0978. The number of nitro benzene ring substituents is 1. The molecule has 5 nitrogen and oxygen atoms in total. The number of nitro groups is 1. The SMILES string of the molecule is Cc1c2ccncc2c(C)c2c1[nH]c1cc([N+](=O)[O-])ccc12. The van der Waals surface area contributed by atoms with Crippen LogP contribution < -0.4 is 0 Å². The van der Waals surface area contributed by atoms with Crippen molar-refractivity contribution in [3.8, 4) is 0 Å². The van der Waals surface area contributed by atoms with Gasteiger partial charge in [-0.2, -0.15) is 0 Å². The number of hydrogen-bond donors (Lipinski definition) is 1. The van der Waals surface area contributed by atoms with Gasteiger partial charge in [0.15, 0.2) is 0 Å². The quantitative estimate of drug-likeness (QED) is 0.417. The van der Waals surface area contributed by atoms with Crippen molar-refractivity contribution in [3.05, 3.63) is 57.9 Å². The largest absolute Gasteiger partial charge is 0.354 e. The predicted molar refractivity (Wildman–Crippen MR) is 87.2 cm³/mol. The average molecular weight is 291 g/mol. The van der Waals surface area contributed by atoms with Gasteiger partial charge in [0.1, 0.15) is 0 Å². The van der Waals surface area contributed by atoms with Crippen molar-refractivity contribution < 1.29 is 4.92 Å². The number of fused-ring (bicyclic) bond motifs is 4. The summed E-state index contributed by atoms with van der Waals surface area (Å²) in [6.07, 6.45) is 3.66. The summed E-state index contributed by atoms with van der Waals surface area (Å²) < 4.78 is 0.